The van der Waals surface area contributed by atoms with E-state index in [1.807, 2.05) is 6.07 Å². The van der Waals surface area contributed by atoms with Crippen LogP contribution in [0.4, 0.5) is 11.4 Å². The second kappa shape index (κ2) is 11.5. The van der Waals surface area contributed by atoms with Crippen LogP contribution in [-0.4, -0.2) is 0 Å². The highest BCUT2D eigenvalue weighted by Crippen LogP contribution is 2.49. The molecule has 2 nitrogen and oxygen atoms in total. The molecule has 0 amide bonds. The molecule has 0 atom stereocenters. The number of hydrogen-bond donors (Lipinski definition) is 1. The van der Waals surface area contributed by atoms with Crippen molar-refractivity contribution >= 4 is 32.9 Å². The van der Waals surface area contributed by atoms with E-state index in [9.17, 15) is 0 Å². The number of para-hydroxylation sites is 1. The lowest BCUT2D eigenvalue weighted by molar-refractivity contribution is 0.418. The van der Waals surface area contributed by atoms with E-state index < -0.39 is 0 Å². The lowest BCUT2D eigenvalue weighted by atomic mass is 9.75. The Morgan fingerprint density at radius 1 is 0.408 bits per heavy atom. The van der Waals surface area contributed by atoms with Gasteiger partial charge in [-0.1, -0.05) is 147 Å². The molecule has 0 aromatic heterocycles. The minimum atomic E-state index is -0.167. The standard InChI is InChI=1S/C47H35NO/c1-47(2)43-22-7-8-23-45(43)49-46-29-34(24-27-44(46)47)42-30-36(25-26-41(42)40-21-11-15-32-13-4-6-19-38(32)40)48-35-17-9-16-33(28-35)39-20-10-14-31-12-3-5-18-37(31)39/h3-30,48H,1-2H3. The Kier molecular flexibility index (Phi) is 6.84. The second-order valence-corrected chi connectivity index (χ2v) is 13.5. The first-order valence-electron chi connectivity index (χ1n) is 16.9. The van der Waals surface area contributed by atoms with E-state index >= 15 is 0 Å². The van der Waals surface area contributed by atoms with E-state index in [2.05, 4.69) is 183 Å². The third-order valence-electron chi connectivity index (χ3n) is 10.1. The molecule has 0 spiro atoms. The third-order valence-corrected chi connectivity index (χ3v) is 10.1. The molecule has 1 aliphatic rings. The second-order valence-electron chi connectivity index (χ2n) is 13.5. The Morgan fingerprint density at radius 3 is 1.84 bits per heavy atom. The van der Waals surface area contributed by atoms with Crippen molar-refractivity contribution in [2.75, 3.05) is 5.32 Å². The van der Waals surface area contributed by atoms with Crippen LogP contribution in [0.15, 0.2) is 170 Å². The molecule has 1 aliphatic heterocycles. The summed E-state index contributed by atoms with van der Waals surface area (Å²) in [5.74, 6) is 1.83. The maximum Gasteiger partial charge on any atom is 0.132 e. The van der Waals surface area contributed by atoms with Crippen LogP contribution in [0, 0.1) is 0 Å². The van der Waals surface area contributed by atoms with Gasteiger partial charge in [0.25, 0.3) is 0 Å². The van der Waals surface area contributed by atoms with Gasteiger partial charge in [-0.25, -0.2) is 0 Å². The van der Waals surface area contributed by atoms with Gasteiger partial charge >= 0.3 is 0 Å². The normalized spacial score (nSPS) is 13.0. The first-order chi connectivity index (χ1) is 24.0. The molecule has 0 bridgehead atoms. The molecule has 0 radical (unpaired) electrons. The summed E-state index contributed by atoms with van der Waals surface area (Å²) in [4.78, 5) is 0. The Morgan fingerprint density at radius 2 is 1.02 bits per heavy atom. The predicted molar refractivity (Wildman–Crippen MR) is 206 cm³/mol. The molecular weight excluding hydrogens is 595 g/mol. The van der Waals surface area contributed by atoms with Gasteiger partial charge in [0.05, 0.1) is 0 Å². The summed E-state index contributed by atoms with van der Waals surface area (Å²) in [6, 6.07) is 60.8. The maximum absolute atomic E-state index is 6.59. The summed E-state index contributed by atoms with van der Waals surface area (Å²) in [7, 11) is 0. The molecule has 9 rings (SSSR count). The minimum absolute atomic E-state index is 0.167. The van der Waals surface area contributed by atoms with Gasteiger partial charge in [0, 0.05) is 27.9 Å². The highest BCUT2D eigenvalue weighted by atomic mass is 16.5. The van der Waals surface area contributed by atoms with Crippen molar-refractivity contribution in [1.82, 2.24) is 0 Å². The Labute approximate surface area is 287 Å². The van der Waals surface area contributed by atoms with Gasteiger partial charge in [-0.15, -0.1) is 0 Å². The quantitative estimate of drug-likeness (QED) is 0.204. The summed E-state index contributed by atoms with van der Waals surface area (Å²) >= 11 is 0. The number of hydrogen-bond acceptors (Lipinski definition) is 2. The lowest BCUT2D eigenvalue weighted by Gasteiger charge is -2.34. The smallest absolute Gasteiger partial charge is 0.132 e. The fourth-order valence-corrected chi connectivity index (χ4v) is 7.59. The van der Waals surface area contributed by atoms with Crippen molar-refractivity contribution in [2.24, 2.45) is 0 Å². The fraction of sp³-hybridized carbons (Fsp3) is 0.0638. The van der Waals surface area contributed by atoms with Gasteiger partial charge in [0.2, 0.25) is 0 Å². The van der Waals surface area contributed by atoms with Crippen LogP contribution < -0.4 is 10.1 Å². The average molecular weight is 630 g/mol. The van der Waals surface area contributed by atoms with Gasteiger partial charge in [-0.2, -0.15) is 0 Å². The van der Waals surface area contributed by atoms with Gasteiger partial charge in [-0.3, -0.25) is 0 Å². The SMILES string of the molecule is CC1(C)c2ccccc2Oc2cc(-c3cc(Nc4cccc(-c5cccc6ccccc56)c4)ccc3-c3cccc4ccccc34)ccc21. The van der Waals surface area contributed by atoms with Crippen molar-refractivity contribution in [1.29, 1.82) is 0 Å². The van der Waals surface area contributed by atoms with Crippen LogP contribution in [0.5, 0.6) is 11.5 Å². The molecule has 2 heteroatoms. The first kappa shape index (κ1) is 29.1. The number of fused-ring (bicyclic) bond motifs is 4. The van der Waals surface area contributed by atoms with Gasteiger partial charge < -0.3 is 10.1 Å². The highest BCUT2D eigenvalue weighted by molar-refractivity contribution is 6.01. The Bertz CT molecular complexity index is 2530. The Hall–Kier alpha value is -6.12. The van der Waals surface area contributed by atoms with Crippen LogP contribution in [0.1, 0.15) is 25.0 Å². The summed E-state index contributed by atoms with van der Waals surface area (Å²) in [5, 5.41) is 8.71. The zero-order valence-electron chi connectivity index (χ0n) is 27.6. The molecule has 49 heavy (non-hydrogen) atoms. The third kappa shape index (κ3) is 5.05. The molecule has 0 saturated heterocycles. The molecule has 0 saturated carbocycles. The van der Waals surface area contributed by atoms with E-state index in [1.165, 1.54) is 54.9 Å². The van der Waals surface area contributed by atoms with Crippen molar-refractivity contribution < 1.29 is 4.74 Å². The van der Waals surface area contributed by atoms with E-state index in [1.54, 1.807) is 0 Å². The Balaban J connectivity index is 1.16. The molecule has 8 aromatic carbocycles. The predicted octanol–water partition coefficient (Wildman–Crippen LogP) is 13.2. The topological polar surface area (TPSA) is 21.3 Å². The number of nitrogens with one attached hydrogen (secondary N) is 1. The van der Waals surface area contributed by atoms with Crippen molar-refractivity contribution in [3.05, 3.63) is 181 Å². The first-order valence-corrected chi connectivity index (χ1v) is 16.9. The number of ether oxygens (including phenoxy) is 1. The van der Waals surface area contributed by atoms with Crippen LogP contribution in [0.2, 0.25) is 0 Å². The summed E-state index contributed by atoms with van der Waals surface area (Å²) in [6.45, 7) is 4.57. The zero-order valence-corrected chi connectivity index (χ0v) is 27.6. The van der Waals surface area contributed by atoms with Crippen molar-refractivity contribution in [3.8, 4) is 44.9 Å². The van der Waals surface area contributed by atoms with Gasteiger partial charge in [0.1, 0.15) is 11.5 Å². The van der Waals surface area contributed by atoms with Gasteiger partial charge in [0.15, 0.2) is 0 Å². The monoisotopic (exact) mass is 629 g/mol. The molecule has 234 valence electrons. The number of rotatable bonds is 5. The largest absolute Gasteiger partial charge is 0.457 e. The molecule has 0 fully saturated rings. The molecule has 0 unspecified atom stereocenters. The van der Waals surface area contributed by atoms with E-state index in [0.29, 0.717) is 0 Å². The van der Waals surface area contributed by atoms with Crippen molar-refractivity contribution in [2.45, 2.75) is 19.3 Å². The van der Waals surface area contributed by atoms with Crippen LogP contribution >= 0.6 is 0 Å². The summed E-state index contributed by atoms with van der Waals surface area (Å²) < 4.78 is 6.59. The van der Waals surface area contributed by atoms with E-state index in [-0.39, 0.29) is 5.41 Å². The molecule has 1 heterocycles. The number of anilines is 2. The minimum Gasteiger partial charge on any atom is -0.457 e. The molecule has 8 aromatic rings. The van der Waals surface area contributed by atoms with E-state index in [0.717, 1.165) is 34.0 Å². The van der Waals surface area contributed by atoms with Crippen LogP contribution in [-0.2, 0) is 5.41 Å². The number of benzene rings is 8. The van der Waals surface area contributed by atoms with Gasteiger partial charge in [-0.05, 0) is 91.3 Å². The molecular formula is C47H35NO. The average Bonchev–Trinajstić information content (AvgIpc) is 3.14. The fourth-order valence-electron chi connectivity index (χ4n) is 7.59. The highest BCUT2D eigenvalue weighted by Gasteiger charge is 2.34. The lowest BCUT2D eigenvalue weighted by Crippen LogP contribution is -2.24. The maximum atomic E-state index is 6.59. The molecule has 0 aliphatic carbocycles. The van der Waals surface area contributed by atoms with Crippen LogP contribution in [0.3, 0.4) is 0 Å². The van der Waals surface area contributed by atoms with Crippen molar-refractivity contribution in [3.63, 3.8) is 0 Å². The summed E-state index contributed by atoms with van der Waals surface area (Å²) in [6.07, 6.45) is 0. The van der Waals surface area contributed by atoms with Crippen LogP contribution in [0.25, 0.3) is 54.9 Å². The molecule has 1 N–H and O–H groups in total. The van der Waals surface area contributed by atoms with E-state index in [4.69, 9.17) is 4.74 Å². The zero-order chi connectivity index (χ0) is 33.0. The summed E-state index contributed by atoms with van der Waals surface area (Å²) in [5.41, 5.74) is 11.4.